The van der Waals surface area contributed by atoms with Gasteiger partial charge in [0.25, 0.3) is 0 Å². The van der Waals surface area contributed by atoms with Gasteiger partial charge in [-0.1, -0.05) is 0 Å². The average molecular weight is 338 g/mol. The molecule has 0 fully saturated rings. The van der Waals surface area contributed by atoms with E-state index < -0.39 is 28.2 Å². The lowest BCUT2D eigenvalue weighted by atomic mass is 10.3. The molecule has 0 aliphatic carbocycles. The summed E-state index contributed by atoms with van der Waals surface area (Å²) in [6, 6.07) is 4.66. The third-order valence-corrected chi connectivity index (χ3v) is 3.92. The van der Waals surface area contributed by atoms with Gasteiger partial charge in [-0.15, -0.1) is 0 Å². The van der Waals surface area contributed by atoms with Crippen LogP contribution in [-0.2, 0) is 14.8 Å². The van der Waals surface area contributed by atoms with Crippen LogP contribution in [0.1, 0.15) is 6.42 Å². The van der Waals surface area contributed by atoms with E-state index in [2.05, 4.69) is 20.7 Å². The van der Waals surface area contributed by atoms with Gasteiger partial charge < -0.3 is 9.84 Å². The van der Waals surface area contributed by atoms with Crippen molar-refractivity contribution in [2.24, 2.45) is 0 Å². The zero-order valence-electron chi connectivity index (χ0n) is 9.51. The van der Waals surface area contributed by atoms with Gasteiger partial charge in [0.15, 0.2) is 0 Å². The Kier molecular flexibility index (Phi) is 4.97. The normalized spacial score (nSPS) is 11.0. The van der Waals surface area contributed by atoms with Crippen LogP contribution < -0.4 is 9.46 Å². The number of hydrogen-bond donors (Lipinski definition) is 2. The van der Waals surface area contributed by atoms with Crippen molar-refractivity contribution in [3.63, 3.8) is 0 Å². The number of rotatable bonds is 6. The summed E-state index contributed by atoms with van der Waals surface area (Å²) in [4.78, 5) is 10.3. The maximum atomic E-state index is 11.5. The molecular formula is C10H12BrNO5S. The molecule has 1 aromatic rings. The van der Waals surface area contributed by atoms with Crippen molar-refractivity contribution in [1.29, 1.82) is 0 Å². The zero-order valence-corrected chi connectivity index (χ0v) is 11.9. The molecule has 0 saturated heterocycles. The lowest BCUT2D eigenvalue weighted by molar-refractivity contribution is -0.136. The van der Waals surface area contributed by atoms with Gasteiger partial charge in [-0.2, -0.15) is 0 Å². The van der Waals surface area contributed by atoms with Crippen LogP contribution in [0.25, 0.3) is 0 Å². The van der Waals surface area contributed by atoms with Crippen LogP contribution in [0.15, 0.2) is 22.7 Å². The van der Waals surface area contributed by atoms with E-state index in [1.807, 2.05) is 0 Å². The van der Waals surface area contributed by atoms with Crippen LogP contribution >= 0.6 is 15.9 Å². The van der Waals surface area contributed by atoms with Gasteiger partial charge in [-0.3, -0.25) is 9.52 Å². The number of sulfonamides is 1. The lowest BCUT2D eigenvalue weighted by Gasteiger charge is -2.09. The third-order valence-electron chi connectivity index (χ3n) is 2.01. The molecule has 18 heavy (non-hydrogen) atoms. The zero-order chi connectivity index (χ0) is 13.8. The van der Waals surface area contributed by atoms with E-state index in [0.717, 1.165) is 0 Å². The van der Waals surface area contributed by atoms with E-state index in [0.29, 0.717) is 15.9 Å². The second kappa shape index (κ2) is 6.05. The molecule has 0 unspecified atom stereocenters. The Morgan fingerprint density at radius 3 is 2.67 bits per heavy atom. The predicted octanol–water partition coefficient (Wildman–Crippen LogP) is 1.67. The Morgan fingerprint density at radius 1 is 1.50 bits per heavy atom. The minimum absolute atomic E-state index is 0.341. The second-order valence-electron chi connectivity index (χ2n) is 3.41. The van der Waals surface area contributed by atoms with Crippen LogP contribution in [0.5, 0.6) is 5.75 Å². The highest BCUT2D eigenvalue weighted by Crippen LogP contribution is 2.28. The molecule has 1 aromatic carbocycles. The number of ether oxygens (including phenoxy) is 1. The quantitative estimate of drug-likeness (QED) is 0.823. The molecule has 0 bridgehead atoms. The molecule has 6 nitrogen and oxygen atoms in total. The molecule has 0 atom stereocenters. The summed E-state index contributed by atoms with van der Waals surface area (Å²) in [5, 5.41) is 8.44. The molecule has 100 valence electrons. The van der Waals surface area contributed by atoms with Crippen LogP contribution in [0, 0.1) is 0 Å². The number of aliphatic carboxylic acids is 1. The van der Waals surface area contributed by atoms with Gasteiger partial charge in [-0.05, 0) is 34.1 Å². The highest BCUT2D eigenvalue weighted by molar-refractivity contribution is 9.10. The molecule has 0 saturated carbocycles. The van der Waals surface area contributed by atoms with E-state index in [-0.39, 0.29) is 0 Å². The lowest BCUT2D eigenvalue weighted by Crippen LogP contribution is -2.18. The number of halogens is 1. The molecule has 0 amide bonds. The van der Waals surface area contributed by atoms with E-state index in [1.165, 1.54) is 19.2 Å². The Hall–Kier alpha value is -1.28. The summed E-state index contributed by atoms with van der Waals surface area (Å²) in [5.74, 6) is -1.05. The van der Waals surface area contributed by atoms with E-state index in [4.69, 9.17) is 9.84 Å². The van der Waals surface area contributed by atoms with Crippen molar-refractivity contribution in [2.75, 3.05) is 17.6 Å². The van der Waals surface area contributed by atoms with Crippen molar-refractivity contribution in [1.82, 2.24) is 0 Å². The van der Waals surface area contributed by atoms with Crippen molar-refractivity contribution in [3.05, 3.63) is 22.7 Å². The number of benzene rings is 1. The Morgan fingerprint density at radius 2 is 2.17 bits per heavy atom. The van der Waals surface area contributed by atoms with Crippen molar-refractivity contribution in [2.45, 2.75) is 6.42 Å². The van der Waals surface area contributed by atoms with Crippen molar-refractivity contribution < 1.29 is 23.1 Å². The van der Waals surface area contributed by atoms with Crippen LogP contribution in [0.3, 0.4) is 0 Å². The first-order valence-electron chi connectivity index (χ1n) is 4.90. The van der Waals surface area contributed by atoms with E-state index in [9.17, 15) is 13.2 Å². The highest BCUT2D eigenvalue weighted by Gasteiger charge is 2.13. The minimum Gasteiger partial charge on any atom is -0.496 e. The first-order valence-corrected chi connectivity index (χ1v) is 7.34. The molecule has 2 N–H and O–H groups in total. The second-order valence-corrected chi connectivity index (χ2v) is 6.11. The van der Waals surface area contributed by atoms with Gasteiger partial charge in [0.2, 0.25) is 10.0 Å². The Balaban J connectivity index is 2.78. The van der Waals surface area contributed by atoms with E-state index in [1.54, 1.807) is 6.07 Å². The highest BCUT2D eigenvalue weighted by atomic mass is 79.9. The molecule has 0 aliphatic heterocycles. The van der Waals surface area contributed by atoms with Crippen molar-refractivity contribution in [3.8, 4) is 5.75 Å². The molecule has 1 rings (SSSR count). The number of carboxylic acid groups (broad SMARTS) is 1. The number of nitrogens with one attached hydrogen (secondary N) is 1. The molecule has 8 heteroatoms. The number of carbonyl (C=O) groups is 1. The van der Waals surface area contributed by atoms with Gasteiger partial charge in [0.1, 0.15) is 5.75 Å². The number of carboxylic acids is 1. The van der Waals surface area contributed by atoms with Gasteiger partial charge >= 0.3 is 5.97 Å². The van der Waals surface area contributed by atoms with Crippen LogP contribution in [0.4, 0.5) is 5.69 Å². The minimum atomic E-state index is -3.66. The fourth-order valence-electron chi connectivity index (χ4n) is 1.18. The SMILES string of the molecule is COc1ccc(NS(=O)(=O)CCC(=O)O)cc1Br. The fraction of sp³-hybridized carbons (Fsp3) is 0.300. The average Bonchev–Trinajstić information content (AvgIpc) is 2.26. The molecule has 0 radical (unpaired) electrons. The molecule has 0 heterocycles. The molecular weight excluding hydrogens is 326 g/mol. The summed E-state index contributed by atoms with van der Waals surface area (Å²) in [6.45, 7) is 0. The first kappa shape index (κ1) is 14.8. The largest absolute Gasteiger partial charge is 0.496 e. The number of anilines is 1. The molecule has 0 aromatic heterocycles. The molecule has 0 spiro atoms. The third kappa shape index (κ3) is 4.53. The number of hydrogen-bond acceptors (Lipinski definition) is 4. The monoisotopic (exact) mass is 337 g/mol. The van der Waals surface area contributed by atoms with Gasteiger partial charge in [0.05, 0.1) is 23.8 Å². The van der Waals surface area contributed by atoms with Crippen LogP contribution in [0.2, 0.25) is 0 Å². The first-order chi connectivity index (χ1) is 8.34. The summed E-state index contributed by atoms with van der Waals surface area (Å²) >= 11 is 3.22. The topological polar surface area (TPSA) is 92.7 Å². The summed E-state index contributed by atoms with van der Waals surface area (Å²) in [5.41, 5.74) is 0.341. The summed E-state index contributed by atoms with van der Waals surface area (Å²) in [6.07, 6.45) is -0.438. The number of methoxy groups -OCH3 is 1. The van der Waals surface area contributed by atoms with E-state index >= 15 is 0 Å². The van der Waals surface area contributed by atoms with Crippen molar-refractivity contribution >= 4 is 37.6 Å². The Labute approximate surface area is 113 Å². The van der Waals surface area contributed by atoms with Gasteiger partial charge in [0, 0.05) is 5.69 Å². The van der Waals surface area contributed by atoms with Gasteiger partial charge in [-0.25, -0.2) is 8.42 Å². The molecule has 0 aliphatic rings. The predicted molar refractivity (Wildman–Crippen MR) is 70.4 cm³/mol. The maximum Gasteiger partial charge on any atom is 0.304 e. The summed E-state index contributed by atoms with van der Waals surface area (Å²) in [7, 11) is -2.16. The standard InChI is InChI=1S/C10H12BrNO5S/c1-17-9-3-2-7(6-8(9)11)12-18(15,16)5-4-10(13)14/h2-3,6,12H,4-5H2,1H3,(H,13,14). The van der Waals surface area contributed by atoms with Crippen LogP contribution in [-0.4, -0.2) is 32.4 Å². The smallest absolute Gasteiger partial charge is 0.304 e. The fourth-order valence-corrected chi connectivity index (χ4v) is 2.75. The Bertz CT molecular complexity index is 543. The maximum absolute atomic E-state index is 11.5. The summed E-state index contributed by atoms with van der Waals surface area (Å²) < 4.78 is 31.0.